The van der Waals surface area contributed by atoms with Gasteiger partial charge in [-0.1, -0.05) is 25.0 Å². The van der Waals surface area contributed by atoms with Crippen molar-refractivity contribution in [3.8, 4) is 5.75 Å². The number of hydrogen-bond donors (Lipinski definition) is 0. The van der Waals surface area contributed by atoms with Crippen LogP contribution in [0.4, 0.5) is 0 Å². The lowest BCUT2D eigenvalue weighted by molar-refractivity contribution is -0.140. The molecule has 148 valence electrons. The molecule has 0 aromatic heterocycles. The van der Waals surface area contributed by atoms with Crippen LogP contribution in [0.25, 0.3) is 0 Å². The zero-order chi connectivity index (χ0) is 18.7. The number of carbonyl (C=O) groups excluding carboxylic acids is 1. The predicted molar refractivity (Wildman–Crippen MR) is 105 cm³/mol. The maximum atomic E-state index is 13.8. The molecule has 0 spiro atoms. The number of rotatable bonds is 4. The number of methoxy groups -OCH3 is 1. The summed E-state index contributed by atoms with van der Waals surface area (Å²) in [5.41, 5.74) is 0.832. The second-order valence-electron chi connectivity index (χ2n) is 8.21. The zero-order valence-corrected chi connectivity index (χ0v) is 16.5. The first kappa shape index (κ1) is 18.8. The van der Waals surface area contributed by atoms with E-state index in [-0.39, 0.29) is 5.41 Å². The van der Waals surface area contributed by atoms with E-state index < -0.39 is 0 Å². The molecular formula is C22H32N2O3. The van der Waals surface area contributed by atoms with Gasteiger partial charge in [0.15, 0.2) is 0 Å². The normalized spacial score (nSPS) is 26.1. The summed E-state index contributed by atoms with van der Waals surface area (Å²) in [6.45, 7) is 5.40. The van der Waals surface area contributed by atoms with Gasteiger partial charge in [-0.25, -0.2) is 0 Å². The molecular weight excluding hydrogens is 340 g/mol. The van der Waals surface area contributed by atoms with Gasteiger partial charge in [0, 0.05) is 32.2 Å². The van der Waals surface area contributed by atoms with Gasteiger partial charge in [-0.05, 0) is 43.4 Å². The average molecular weight is 373 g/mol. The van der Waals surface area contributed by atoms with E-state index in [2.05, 4.69) is 21.9 Å². The van der Waals surface area contributed by atoms with Crippen LogP contribution in [0, 0.1) is 0 Å². The monoisotopic (exact) mass is 372 g/mol. The van der Waals surface area contributed by atoms with Crippen molar-refractivity contribution >= 4 is 5.91 Å². The minimum absolute atomic E-state index is 0.334. The number of morpholine rings is 1. The van der Waals surface area contributed by atoms with Gasteiger partial charge in [0.05, 0.1) is 25.7 Å². The molecule has 0 radical (unpaired) electrons. The molecule has 1 unspecified atom stereocenters. The molecule has 1 atom stereocenters. The molecule has 5 nitrogen and oxygen atoms in total. The smallest absolute Gasteiger partial charge is 0.233 e. The first-order valence-corrected chi connectivity index (χ1v) is 10.5. The molecule has 2 aliphatic heterocycles. The topological polar surface area (TPSA) is 42.0 Å². The summed E-state index contributed by atoms with van der Waals surface area (Å²) in [5.74, 6) is 1.20. The highest BCUT2D eigenvalue weighted by Crippen LogP contribution is 2.43. The lowest BCUT2D eigenvalue weighted by Crippen LogP contribution is -2.56. The van der Waals surface area contributed by atoms with E-state index in [1.54, 1.807) is 7.11 Å². The maximum absolute atomic E-state index is 13.8. The fourth-order valence-electron chi connectivity index (χ4n) is 5.20. The minimum Gasteiger partial charge on any atom is -0.497 e. The van der Waals surface area contributed by atoms with Crippen LogP contribution in [-0.4, -0.2) is 68.3 Å². The molecule has 1 saturated carbocycles. The molecule has 27 heavy (non-hydrogen) atoms. The Bertz CT molecular complexity index is 633. The van der Waals surface area contributed by atoms with Gasteiger partial charge in [0.2, 0.25) is 5.91 Å². The predicted octanol–water partition coefficient (Wildman–Crippen LogP) is 2.83. The van der Waals surface area contributed by atoms with Crippen molar-refractivity contribution < 1.29 is 14.3 Å². The van der Waals surface area contributed by atoms with E-state index in [0.29, 0.717) is 11.9 Å². The van der Waals surface area contributed by atoms with E-state index in [9.17, 15) is 4.79 Å². The molecule has 1 aromatic rings. The summed E-state index contributed by atoms with van der Waals surface area (Å²) in [5, 5.41) is 0. The summed E-state index contributed by atoms with van der Waals surface area (Å²) >= 11 is 0. The fourth-order valence-corrected chi connectivity index (χ4v) is 5.20. The van der Waals surface area contributed by atoms with Crippen LogP contribution < -0.4 is 4.74 Å². The van der Waals surface area contributed by atoms with E-state index in [4.69, 9.17) is 9.47 Å². The molecule has 3 fully saturated rings. The average Bonchev–Trinajstić information content (AvgIpc) is 3.25. The Morgan fingerprint density at radius 3 is 2.44 bits per heavy atom. The van der Waals surface area contributed by atoms with Crippen LogP contribution >= 0.6 is 0 Å². The third-order valence-corrected chi connectivity index (χ3v) is 6.75. The van der Waals surface area contributed by atoms with Gasteiger partial charge in [0.1, 0.15) is 5.75 Å². The number of benzene rings is 1. The first-order valence-electron chi connectivity index (χ1n) is 10.5. The highest BCUT2D eigenvalue weighted by molar-refractivity contribution is 5.89. The van der Waals surface area contributed by atoms with Gasteiger partial charge in [-0.3, -0.25) is 9.69 Å². The molecule has 4 rings (SSSR count). The van der Waals surface area contributed by atoms with Crippen LogP contribution in [0.3, 0.4) is 0 Å². The van der Waals surface area contributed by atoms with Crippen LogP contribution in [-0.2, 0) is 14.9 Å². The van der Waals surface area contributed by atoms with Crippen molar-refractivity contribution in [2.45, 2.75) is 50.0 Å². The third kappa shape index (κ3) is 3.72. The van der Waals surface area contributed by atoms with Crippen LogP contribution in [0.1, 0.15) is 44.1 Å². The van der Waals surface area contributed by atoms with E-state index >= 15 is 0 Å². The summed E-state index contributed by atoms with van der Waals surface area (Å²) in [4.78, 5) is 18.4. The highest BCUT2D eigenvalue weighted by Gasteiger charge is 2.46. The molecule has 0 N–H and O–H groups in total. The molecule has 5 heteroatoms. The Hall–Kier alpha value is -1.59. The first-order chi connectivity index (χ1) is 13.2. The summed E-state index contributed by atoms with van der Waals surface area (Å²) in [6.07, 6.45) is 6.51. The quantitative estimate of drug-likeness (QED) is 0.815. The van der Waals surface area contributed by atoms with Gasteiger partial charge >= 0.3 is 0 Å². The Morgan fingerprint density at radius 1 is 1.07 bits per heavy atom. The van der Waals surface area contributed by atoms with Gasteiger partial charge in [-0.15, -0.1) is 0 Å². The van der Waals surface area contributed by atoms with E-state index in [0.717, 1.165) is 77.2 Å². The number of amides is 1. The zero-order valence-electron chi connectivity index (χ0n) is 16.5. The Balaban J connectivity index is 1.52. The molecule has 1 aromatic carbocycles. The van der Waals surface area contributed by atoms with E-state index in [1.165, 1.54) is 12.0 Å². The summed E-state index contributed by atoms with van der Waals surface area (Å²) < 4.78 is 10.8. The molecule has 1 aliphatic carbocycles. The Labute approximate surface area is 162 Å². The lowest BCUT2D eigenvalue weighted by Gasteiger charge is -2.43. The van der Waals surface area contributed by atoms with Crippen molar-refractivity contribution in [1.82, 2.24) is 9.80 Å². The number of carbonyl (C=O) groups is 1. The number of ether oxygens (including phenoxy) is 2. The van der Waals surface area contributed by atoms with Gasteiger partial charge < -0.3 is 14.4 Å². The molecule has 3 aliphatic rings. The van der Waals surface area contributed by atoms with Gasteiger partial charge in [-0.2, -0.15) is 0 Å². The van der Waals surface area contributed by atoms with Crippen molar-refractivity contribution in [1.29, 1.82) is 0 Å². The summed E-state index contributed by atoms with van der Waals surface area (Å²) in [6, 6.07) is 8.68. The summed E-state index contributed by atoms with van der Waals surface area (Å²) in [7, 11) is 1.69. The highest BCUT2D eigenvalue weighted by atomic mass is 16.5. The fraction of sp³-hybridized carbons (Fsp3) is 0.682. The number of piperidine rings is 1. The lowest BCUT2D eigenvalue weighted by atomic mass is 9.77. The molecule has 2 heterocycles. The SMILES string of the molecule is COc1ccc(C2(C(=O)N3CCCC(N4CCOCC4)C3)CCCC2)cc1. The Morgan fingerprint density at radius 2 is 1.78 bits per heavy atom. The second-order valence-corrected chi connectivity index (χ2v) is 8.21. The number of nitrogens with zero attached hydrogens (tertiary/aromatic N) is 2. The number of likely N-dealkylation sites (tertiary alicyclic amines) is 1. The van der Waals surface area contributed by atoms with Crippen molar-refractivity contribution in [3.05, 3.63) is 29.8 Å². The molecule has 2 saturated heterocycles. The standard InChI is InChI=1S/C22H32N2O3/c1-26-20-8-6-18(7-9-20)22(10-2-3-11-22)21(25)24-12-4-5-19(17-24)23-13-15-27-16-14-23/h6-9,19H,2-5,10-17H2,1H3. The third-order valence-electron chi connectivity index (χ3n) is 6.75. The second kappa shape index (κ2) is 8.19. The van der Waals surface area contributed by atoms with Gasteiger partial charge in [0.25, 0.3) is 0 Å². The van der Waals surface area contributed by atoms with Crippen molar-refractivity contribution in [3.63, 3.8) is 0 Å². The van der Waals surface area contributed by atoms with Crippen LogP contribution in [0.2, 0.25) is 0 Å². The largest absolute Gasteiger partial charge is 0.497 e. The van der Waals surface area contributed by atoms with E-state index in [1.807, 2.05) is 12.1 Å². The van der Waals surface area contributed by atoms with Crippen LogP contribution in [0.5, 0.6) is 5.75 Å². The van der Waals surface area contributed by atoms with Crippen molar-refractivity contribution in [2.75, 3.05) is 46.5 Å². The Kier molecular flexibility index (Phi) is 5.69. The number of hydrogen-bond acceptors (Lipinski definition) is 4. The molecule has 0 bridgehead atoms. The molecule has 1 amide bonds. The van der Waals surface area contributed by atoms with Crippen LogP contribution in [0.15, 0.2) is 24.3 Å². The van der Waals surface area contributed by atoms with Crippen molar-refractivity contribution in [2.24, 2.45) is 0 Å². The maximum Gasteiger partial charge on any atom is 0.233 e. The minimum atomic E-state index is -0.334.